The van der Waals surface area contributed by atoms with Gasteiger partial charge in [0.2, 0.25) is 22.7 Å². The van der Waals surface area contributed by atoms with Crippen molar-refractivity contribution in [2.24, 2.45) is 0 Å². The zero-order valence-electron chi connectivity index (χ0n) is 16.4. The Morgan fingerprint density at radius 2 is 1.86 bits per heavy atom. The maximum atomic E-state index is 13.0. The predicted molar refractivity (Wildman–Crippen MR) is 109 cm³/mol. The van der Waals surface area contributed by atoms with Crippen molar-refractivity contribution in [3.63, 3.8) is 0 Å². The Kier molecular flexibility index (Phi) is 5.51. The fourth-order valence-electron chi connectivity index (χ4n) is 3.19. The highest BCUT2D eigenvalue weighted by molar-refractivity contribution is 7.92. The van der Waals surface area contributed by atoms with E-state index in [0.29, 0.717) is 29.3 Å². The molecule has 1 unspecified atom stereocenters. The van der Waals surface area contributed by atoms with Crippen molar-refractivity contribution in [3.8, 4) is 11.5 Å². The van der Waals surface area contributed by atoms with E-state index >= 15 is 0 Å². The molecule has 0 aliphatic carbocycles. The van der Waals surface area contributed by atoms with Crippen LogP contribution < -0.4 is 19.1 Å². The molecule has 0 bridgehead atoms. The molecule has 2 aromatic carbocycles. The number of ether oxygens (including phenoxy) is 2. The Labute approximate surface area is 165 Å². The number of nitrogens with one attached hydrogen (secondary N) is 1. The molecule has 28 heavy (non-hydrogen) atoms. The summed E-state index contributed by atoms with van der Waals surface area (Å²) in [7, 11) is -3.69. The second-order valence-electron chi connectivity index (χ2n) is 6.83. The third kappa shape index (κ3) is 4.06. The van der Waals surface area contributed by atoms with Crippen LogP contribution >= 0.6 is 0 Å². The minimum Gasteiger partial charge on any atom is -0.454 e. The Morgan fingerprint density at radius 3 is 2.54 bits per heavy atom. The first-order valence-electron chi connectivity index (χ1n) is 8.98. The molecular weight excluding hydrogens is 380 g/mol. The molecule has 0 saturated carbocycles. The normalized spacial score (nSPS) is 13.9. The van der Waals surface area contributed by atoms with Crippen LogP contribution in [0.2, 0.25) is 0 Å². The Hall–Kier alpha value is -2.74. The molecule has 0 aromatic heterocycles. The van der Waals surface area contributed by atoms with Crippen molar-refractivity contribution in [2.45, 2.75) is 33.2 Å². The number of hydrogen-bond acceptors (Lipinski definition) is 5. The van der Waals surface area contributed by atoms with Gasteiger partial charge in [0.25, 0.3) is 0 Å². The molecule has 0 radical (unpaired) electrons. The molecule has 0 saturated heterocycles. The van der Waals surface area contributed by atoms with Crippen molar-refractivity contribution < 1.29 is 22.7 Å². The van der Waals surface area contributed by atoms with Crippen LogP contribution in [0.25, 0.3) is 0 Å². The van der Waals surface area contributed by atoms with E-state index in [2.05, 4.69) is 5.32 Å². The zero-order valence-corrected chi connectivity index (χ0v) is 17.2. The summed E-state index contributed by atoms with van der Waals surface area (Å²) in [6.07, 6.45) is 1.43. The Balaban J connectivity index is 1.94. The summed E-state index contributed by atoms with van der Waals surface area (Å²) >= 11 is 0. The molecule has 150 valence electrons. The topological polar surface area (TPSA) is 84.9 Å². The van der Waals surface area contributed by atoms with Gasteiger partial charge in [-0.25, -0.2) is 8.42 Å². The molecule has 1 amide bonds. The summed E-state index contributed by atoms with van der Waals surface area (Å²) in [6, 6.07) is 9.72. The fraction of sp³-hybridized carbons (Fsp3) is 0.350. The van der Waals surface area contributed by atoms with E-state index in [1.54, 1.807) is 31.2 Å². The van der Waals surface area contributed by atoms with Crippen molar-refractivity contribution >= 4 is 27.3 Å². The van der Waals surface area contributed by atoms with E-state index in [-0.39, 0.29) is 6.79 Å². The number of rotatable bonds is 6. The summed E-state index contributed by atoms with van der Waals surface area (Å²) < 4.78 is 37.0. The number of anilines is 2. The number of hydrogen-bond donors (Lipinski definition) is 1. The van der Waals surface area contributed by atoms with Crippen LogP contribution in [0.15, 0.2) is 36.4 Å². The highest BCUT2D eigenvalue weighted by Crippen LogP contribution is 2.34. The minimum absolute atomic E-state index is 0.138. The summed E-state index contributed by atoms with van der Waals surface area (Å²) in [6.45, 7) is 5.64. The van der Waals surface area contributed by atoms with Crippen molar-refractivity contribution in [1.29, 1.82) is 0 Å². The van der Waals surface area contributed by atoms with Gasteiger partial charge in [-0.1, -0.05) is 19.1 Å². The van der Waals surface area contributed by atoms with Crippen molar-refractivity contribution in [1.82, 2.24) is 0 Å². The fourth-order valence-corrected chi connectivity index (χ4v) is 4.45. The first-order chi connectivity index (χ1) is 13.2. The summed E-state index contributed by atoms with van der Waals surface area (Å²) in [5.41, 5.74) is 2.72. The second-order valence-corrected chi connectivity index (χ2v) is 8.69. The maximum absolute atomic E-state index is 13.0. The number of amides is 1. The molecule has 3 rings (SSSR count). The van der Waals surface area contributed by atoms with Gasteiger partial charge in [-0.15, -0.1) is 0 Å². The average Bonchev–Trinajstić information content (AvgIpc) is 3.08. The summed E-state index contributed by atoms with van der Waals surface area (Å²) in [4.78, 5) is 13.0. The Morgan fingerprint density at radius 1 is 1.14 bits per heavy atom. The van der Waals surface area contributed by atoms with E-state index < -0.39 is 22.0 Å². The SMILES string of the molecule is CCC(C(=O)Nc1ccc2c(c1)OCO2)N(c1cc(C)ccc1C)S(C)(=O)=O. The standard InChI is InChI=1S/C20H24N2O5S/c1-5-16(20(23)21-15-8-9-18-19(11-15)27-12-26-18)22(28(4,24)25)17-10-13(2)6-7-14(17)3/h6-11,16H,5,12H2,1-4H3,(H,21,23). The lowest BCUT2D eigenvalue weighted by Crippen LogP contribution is -2.47. The van der Waals surface area contributed by atoms with E-state index in [0.717, 1.165) is 17.4 Å². The molecule has 2 aromatic rings. The summed E-state index contributed by atoms with van der Waals surface area (Å²) in [5.74, 6) is 0.742. The first kappa shape index (κ1) is 20.0. The van der Waals surface area contributed by atoms with Crippen LogP contribution in [0, 0.1) is 13.8 Å². The van der Waals surface area contributed by atoms with Gasteiger partial charge in [-0.3, -0.25) is 9.10 Å². The highest BCUT2D eigenvalue weighted by Gasteiger charge is 2.32. The lowest BCUT2D eigenvalue weighted by molar-refractivity contribution is -0.117. The van der Waals surface area contributed by atoms with Crippen LogP contribution in [-0.4, -0.2) is 33.4 Å². The second kappa shape index (κ2) is 7.71. The smallest absolute Gasteiger partial charge is 0.248 e. The number of carbonyl (C=O) groups is 1. The van der Waals surface area contributed by atoms with Gasteiger partial charge in [-0.05, 0) is 49.6 Å². The molecule has 1 N–H and O–H groups in total. The molecule has 1 atom stereocenters. The molecule has 8 heteroatoms. The van der Waals surface area contributed by atoms with Gasteiger partial charge in [0.15, 0.2) is 11.5 Å². The monoisotopic (exact) mass is 404 g/mol. The van der Waals surface area contributed by atoms with Crippen molar-refractivity contribution in [3.05, 3.63) is 47.5 Å². The Bertz CT molecular complexity index is 1000. The van der Waals surface area contributed by atoms with Crippen LogP contribution in [0.4, 0.5) is 11.4 Å². The number of aryl methyl sites for hydroxylation is 2. The van der Waals surface area contributed by atoms with Crippen LogP contribution in [0.5, 0.6) is 11.5 Å². The van der Waals surface area contributed by atoms with Gasteiger partial charge >= 0.3 is 0 Å². The van der Waals surface area contributed by atoms with E-state index in [1.807, 2.05) is 26.0 Å². The molecule has 1 heterocycles. The third-order valence-corrected chi connectivity index (χ3v) is 5.74. The van der Waals surface area contributed by atoms with Crippen molar-refractivity contribution in [2.75, 3.05) is 22.7 Å². The molecule has 1 aliphatic heterocycles. The van der Waals surface area contributed by atoms with Gasteiger partial charge < -0.3 is 14.8 Å². The highest BCUT2D eigenvalue weighted by atomic mass is 32.2. The van der Waals surface area contributed by atoms with E-state index in [4.69, 9.17) is 9.47 Å². The number of fused-ring (bicyclic) bond motifs is 1. The average molecular weight is 404 g/mol. The predicted octanol–water partition coefficient (Wildman–Crippen LogP) is 3.22. The third-order valence-electron chi connectivity index (χ3n) is 4.57. The number of sulfonamides is 1. The lowest BCUT2D eigenvalue weighted by atomic mass is 10.1. The quantitative estimate of drug-likeness (QED) is 0.799. The largest absolute Gasteiger partial charge is 0.454 e. The molecule has 7 nitrogen and oxygen atoms in total. The van der Waals surface area contributed by atoms with Crippen LogP contribution in [0.3, 0.4) is 0 Å². The number of benzene rings is 2. The molecule has 0 fully saturated rings. The molecule has 0 spiro atoms. The lowest BCUT2D eigenvalue weighted by Gasteiger charge is -2.31. The van der Waals surface area contributed by atoms with E-state index in [9.17, 15) is 13.2 Å². The van der Waals surface area contributed by atoms with E-state index in [1.165, 1.54) is 4.31 Å². The summed E-state index contributed by atoms with van der Waals surface area (Å²) in [5, 5.41) is 2.80. The maximum Gasteiger partial charge on any atom is 0.248 e. The molecular formula is C20H24N2O5S. The van der Waals surface area contributed by atoms with Gasteiger partial charge in [0.05, 0.1) is 11.9 Å². The zero-order chi connectivity index (χ0) is 20.5. The van der Waals surface area contributed by atoms with Gasteiger partial charge in [0, 0.05) is 11.8 Å². The number of nitrogens with zero attached hydrogens (tertiary/aromatic N) is 1. The first-order valence-corrected chi connectivity index (χ1v) is 10.8. The van der Waals surface area contributed by atoms with Gasteiger partial charge in [0.1, 0.15) is 6.04 Å². The minimum atomic E-state index is -3.69. The number of carbonyl (C=O) groups excluding carboxylic acids is 1. The van der Waals surface area contributed by atoms with Crippen LogP contribution in [-0.2, 0) is 14.8 Å². The molecule has 1 aliphatic rings. The van der Waals surface area contributed by atoms with Crippen LogP contribution in [0.1, 0.15) is 24.5 Å². The van der Waals surface area contributed by atoms with Gasteiger partial charge in [-0.2, -0.15) is 0 Å².